The summed E-state index contributed by atoms with van der Waals surface area (Å²) in [4.78, 5) is 6.92. The molecule has 0 radical (unpaired) electrons. The monoisotopic (exact) mass is 432 g/mol. The van der Waals surface area contributed by atoms with Gasteiger partial charge in [-0.25, -0.2) is 8.42 Å². The van der Waals surface area contributed by atoms with Crippen molar-refractivity contribution in [2.24, 2.45) is 0 Å². The van der Waals surface area contributed by atoms with E-state index in [1.165, 1.54) is 16.4 Å². The number of aromatic nitrogens is 2. The van der Waals surface area contributed by atoms with E-state index in [2.05, 4.69) is 15.0 Å². The first-order valence-corrected chi connectivity index (χ1v) is 11.2. The molecular formula is C20H21ClN4O3S. The lowest BCUT2D eigenvalue weighted by molar-refractivity contribution is 0.124. The van der Waals surface area contributed by atoms with Crippen LogP contribution in [0.3, 0.4) is 0 Å². The fraction of sp³-hybridized carbons (Fsp3) is 0.300. The molecule has 0 amide bonds. The molecule has 1 aromatic heterocycles. The first kappa shape index (κ1) is 20.0. The Morgan fingerprint density at radius 1 is 1.00 bits per heavy atom. The summed E-state index contributed by atoms with van der Waals surface area (Å²) in [5.74, 6) is 1.08. The van der Waals surface area contributed by atoms with Gasteiger partial charge in [-0.05, 0) is 31.2 Å². The van der Waals surface area contributed by atoms with Crippen LogP contribution in [-0.4, -0.2) is 53.9 Å². The van der Waals surface area contributed by atoms with Gasteiger partial charge in [0, 0.05) is 36.8 Å². The molecule has 1 saturated heterocycles. The molecule has 3 aromatic rings. The van der Waals surface area contributed by atoms with Gasteiger partial charge in [0.1, 0.15) is 0 Å². The van der Waals surface area contributed by atoms with E-state index in [0.717, 1.165) is 5.56 Å². The molecule has 4 rings (SSSR count). The maximum atomic E-state index is 12.8. The standard InChI is InChI=1S/C20H21ClN4O3S/c1-15(20-22-19(23-28-20)16-5-3-2-4-6-16)24-11-13-25(14-12-24)29(26,27)18-9-7-17(21)8-10-18/h2-10,15H,11-14H2,1H3. The SMILES string of the molecule is CC(c1nc(-c2ccccc2)no1)N1CCN(S(=O)(=O)c2ccc(Cl)cc2)CC1. The Balaban J connectivity index is 1.42. The third-order valence-electron chi connectivity index (χ3n) is 5.10. The highest BCUT2D eigenvalue weighted by molar-refractivity contribution is 7.89. The van der Waals surface area contributed by atoms with Gasteiger partial charge in [-0.2, -0.15) is 9.29 Å². The van der Waals surface area contributed by atoms with Crippen molar-refractivity contribution >= 4 is 21.6 Å². The van der Waals surface area contributed by atoms with Crippen LogP contribution in [0.2, 0.25) is 5.02 Å². The van der Waals surface area contributed by atoms with E-state index in [1.54, 1.807) is 12.1 Å². The third-order valence-corrected chi connectivity index (χ3v) is 7.27. The van der Waals surface area contributed by atoms with E-state index in [-0.39, 0.29) is 10.9 Å². The number of halogens is 1. The molecule has 1 atom stereocenters. The van der Waals surface area contributed by atoms with Crippen molar-refractivity contribution in [3.63, 3.8) is 0 Å². The van der Waals surface area contributed by atoms with Gasteiger partial charge in [-0.3, -0.25) is 4.90 Å². The summed E-state index contributed by atoms with van der Waals surface area (Å²) >= 11 is 5.87. The Morgan fingerprint density at radius 3 is 2.31 bits per heavy atom. The number of sulfonamides is 1. The fourth-order valence-electron chi connectivity index (χ4n) is 3.35. The van der Waals surface area contributed by atoms with E-state index in [1.807, 2.05) is 37.3 Å². The molecule has 0 spiro atoms. The predicted octanol–water partition coefficient (Wildman–Crippen LogP) is 3.46. The zero-order valence-corrected chi connectivity index (χ0v) is 17.5. The predicted molar refractivity (Wildman–Crippen MR) is 110 cm³/mol. The highest BCUT2D eigenvalue weighted by Crippen LogP contribution is 2.25. The van der Waals surface area contributed by atoms with Gasteiger partial charge in [-0.15, -0.1) is 0 Å². The maximum absolute atomic E-state index is 12.8. The average molecular weight is 433 g/mol. The first-order valence-electron chi connectivity index (χ1n) is 9.34. The second kappa shape index (κ2) is 8.23. The van der Waals surface area contributed by atoms with Gasteiger partial charge < -0.3 is 4.52 Å². The first-order chi connectivity index (χ1) is 13.9. The molecule has 1 aliphatic rings. The van der Waals surface area contributed by atoms with Gasteiger partial charge in [0.15, 0.2) is 0 Å². The second-order valence-electron chi connectivity index (χ2n) is 6.89. The molecule has 0 bridgehead atoms. The third kappa shape index (κ3) is 4.20. The Morgan fingerprint density at radius 2 is 1.66 bits per heavy atom. The van der Waals surface area contributed by atoms with E-state index < -0.39 is 10.0 Å². The molecule has 1 unspecified atom stereocenters. The average Bonchev–Trinajstić information content (AvgIpc) is 3.24. The van der Waals surface area contributed by atoms with Crippen LogP contribution in [0, 0.1) is 0 Å². The van der Waals surface area contributed by atoms with E-state index in [0.29, 0.717) is 42.9 Å². The minimum atomic E-state index is -3.53. The van der Waals surface area contributed by atoms with Crippen molar-refractivity contribution in [3.05, 3.63) is 65.5 Å². The van der Waals surface area contributed by atoms with Gasteiger partial charge in [0.2, 0.25) is 21.7 Å². The lowest BCUT2D eigenvalue weighted by Gasteiger charge is -2.36. The highest BCUT2D eigenvalue weighted by atomic mass is 35.5. The summed E-state index contributed by atoms with van der Waals surface area (Å²) < 4.78 is 32.6. The Bertz CT molecular complexity index is 1060. The Hall–Kier alpha value is -2.26. The Labute approximate surface area is 174 Å². The molecule has 7 nitrogen and oxygen atoms in total. The largest absolute Gasteiger partial charge is 0.337 e. The topological polar surface area (TPSA) is 79.5 Å². The van der Waals surface area contributed by atoms with E-state index in [9.17, 15) is 8.42 Å². The quantitative estimate of drug-likeness (QED) is 0.614. The van der Waals surface area contributed by atoms with Crippen LogP contribution in [0.1, 0.15) is 18.9 Å². The van der Waals surface area contributed by atoms with Gasteiger partial charge in [0.05, 0.1) is 10.9 Å². The van der Waals surface area contributed by atoms with E-state index in [4.69, 9.17) is 16.1 Å². The molecular weight excluding hydrogens is 412 g/mol. The molecule has 0 N–H and O–H groups in total. The second-order valence-corrected chi connectivity index (χ2v) is 9.27. The van der Waals surface area contributed by atoms with Crippen molar-refractivity contribution < 1.29 is 12.9 Å². The number of hydrogen-bond acceptors (Lipinski definition) is 6. The zero-order chi connectivity index (χ0) is 20.4. The summed E-state index contributed by atoms with van der Waals surface area (Å²) in [5.41, 5.74) is 0.897. The number of piperazine rings is 1. The fourth-order valence-corrected chi connectivity index (χ4v) is 4.90. The van der Waals surface area contributed by atoms with Crippen molar-refractivity contribution in [1.82, 2.24) is 19.3 Å². The van der Waals surface area contributed by atoms with Crippen molar-refractivity contribution in [1.29, 1.82) is 0 Å². The molecule has 2 aromatic carbocycles. The molecule has 1 aliphatic heterocycles. The lowest BCUT2D eigenvalue weighted by Crippen LogP contribution is -2.49. The Kier molecular flexibility index (Phi) is 5.69. The summed E-state index contributed by atoms with van der Waals surface area (Å²) in [6.45, 7) is 3.95. The van der Waals surface area contributed by atoms with Crippen LogP contribution in [0.4, 0.5) is 0 Å². The number of benzene rings is 2. The minimum Gasteiger partial charge on any atom is -0.337 e. The van der Waals surface area contributed by atoms with Crippen molar-refractivity contribution in [2.45, 2.75) is 17.9 Å². The van der Waals surface area contributed by atoms with Crippen LogP contribution in [-0.2, 0) is 10.0 Å². The van der Waals surface area contributed by atoms with Crippen LogP contribution in [0.15, 0.2) is 64.0 Å². The molecule has 152 valence electrons. The van der Waals surface area contributed by atoms with Crippen LogP contribution >= 0.6 is 11.6 Å². The molecule has 1 fully saturated rings. The summed E-state index contributed by atoms with van der Waals surface area (Å²) in [7, 11) is -3.53. The van der Waals surface area contributed by atoms with Gasteiger partial charge >= 0.3 is 0 Å². The summed E-state index contributed by atoms with van der Waals surface area (Å²) in [5, 5.41) is 4.58. The molecule has 9 heteroatoms. The highest BCUT2D eigenvalue weighted by Gasteiger charge is 2.31. The number of hydrogen-bond donors (Lipinski definition) is 0. The van der Waals surface area contributed by atoms with Crippen LogP contribution in [0.25, 0.3) is 11.4 Å². The molecule has 0 aliphatic carbocycles. The number of rotatable bonds is 5. The van der Waals surface area contributed by atoms with Crippen molar-refractivity contribution in [3.8, 4) is 11.4 Å². The van der Waals surface area contributed by atoms with Crippen LogP contribution in [0.5, 0.6) is 0 Å². The smallest absolute Gasteiger partial charge is 0.244 e. The summed E-state index contributed by atoms with van der Waals surface area (Å²) in [6, 6.07) is 15.8. The van der Waals surface area contributed by atoms with E-state index >= 15 is 0 Å². The van der Waals surface area contributed by atoms with Gasteiger partial charge in [0.25, 0.3) is 0 Å². The summed E-state index contributed by atoms with van der Waals surface area (Å²) in [6.07, 6.45) is 0. The van der Waals surface area contributed by atoms with Crippen LogP contribution < -0.4 is 0 Å². The molecule has 2 heterocycles. The molecule has 29 heavy (non-hydrogen) atoms. The maximum Gasteiger partial charge on any atom is 0.244 e. The van der Waals surface area contributed by atoms with Crippen molar-refractivity contribution in [2.75, 3.05) is 26.2 Å². The molecule has 0 saturated carbocycles. The number of nitrogens with zero attached hydrogens (tertiary/aromatic N) is 4. The minimum absolute atomic E-state index is 0.0969. The lowest BCUT2D eigenvalue weighted by atomic mass is 10.2. The zero-order valence-electron chi connectivity index (χ0n) is 15.9. The normalized spacial score (nSPS) is 17.3. The van der Waals surface area contributed by atoms with Gasteiger partial charge in [-0.1, -0.05) is 47.1 Å².